The Labute approximate surface area is 118 Å². The lowest BCUT2D eigenvalue weighted by Crippen LogP contribution is -2.28. The summed E-state index contributed by atoms with van der Waals surface area (Å²) in [5.41, 5.74) is 1.60. The van der Waals surface area contributed by atoms with Crippen molar-refractivity contribution in [2.24, 2.45) is 0 Å². The lowest BCUT2D eigenvalue weighted by Gasteiger charge is -2.15. The Morgan fingerprint density at radius 1 is 1.25 bits per heavy atom. The summed E-state index contributed by atoms with van der Waals surface area (Å²) < 4.78 is 13.1. The maximum atomic E-state index is 13.1. The zero-order chi connectivity index (χ0) is 14.4. The van der Waals surface area contributed by atoms with Gasteiger partial charge in [-0.1, -0.05) is 12.1 Å². The second-order valence-corrected chi connectivity index (χ2v) is 4.78. The van der Waals surface area contributed by atoms with Crippen LogP contribution in [0.15, 0.2) is 48.8 Å². The van der Waals surface area contributed by atoms with E-state index in [1.165, 1.54) is 17.7 Å². The molecule has 0 bridgehead atoms. The van der Waals surface area contributed by atoms with Crippen molar-refractivity contribution in [1.29, 1.82) is 0 Å². The number of aromatic nitrogens is 1. The SMILES string of the molecule is CN(CCc1ccncc1)CC(=O)c1cccc(F)c1. The third kappa shape index (κ3) is 4.24. The number of nitrogens with zero attached hydrogens (tertiary/aromatic N) is 2. The van der Waals surface area contributed by atoms with Crippen molar-refractivity contribution in [3.63, 3.8) is 0 Å². The number of hydrogen-bond donors (Lipinski definition) is 0. The molecule has 0 amide bonds. The molecule has 20 heavy (non-hydrogen) atoms. The average molecular weight is 272 g/mol. The zero-order valence-corrected chi connectivity index (χ0v) is 11.4. The molecule has 0 fully saturated rings. The molecule has 0 N–H and O–H groups in total. The molecule has 0 atom stereocenters. The molecule has 1 aromatic carbocycles. The van der Waals surface area contributed by atoms with Gasteiger partial charge in [0.05, 0.1) is 6.54 Å². The Bertz CT molecular complexity index is 572. The van der Waals surface area contributed by atoms with E-state index in [0.29, 0.717) is 5.56 Å². The predicted molar refractivity (Wildman–Crippen MR) is 76.2 cm³/mol. The first kappa shape index (κ1) is 14.3. The Balaban J connectivity index is 1.85. The van der Waals surface area contributed by atoms with E-state index in [1.54, 1.807) is 24.5 Å². The number of halogens is 1. The van der Waals surface area contributed by atoms with Gasteiger partial charge in [-0.3, -0.25) is 14.7 Å². The monoisotopic (exact) mass is 272 g/mol. The Hall–Kier alpha value is -2.07. The third-order valence-electron chi connectivity index (χ3n) is 3.09. The van der Waals surface area contributed by atoms with Crippen LogP contribution in [-0.2, 0) is 6.42 Å². The Kier molecular flexibility index (Phi) is 4.96. The highest BCUT2D eigenvalue weighted by molar-refractivity contribution is 5.97. The summed E-state index contributed by atoms with van der Waals surface area (Å²) >= 11 is 0. The number of pyridine rings is 1. The van der Waals surface area contributed by atoms with Crippen LogP contribution in [0.25, 0.3) is 0 Å². The van der Waals surface area contributed by atoms with E-state index < -0.39 is 0 Å². The van der Waals surface area contributed by atoms with Crippen molar-refractivity contribution in [2.45, 2.75) is 6.42 Å². The number of likely N-dealkylation sites (N-methyl/N-ethyl adjacent to an activating group) is 1. The number of ketones is 1. The van der Waals surface area contributed by atoms with Gasteiger partial charge in [0, 0.05) is 24.5 Å². The van der Waals surface area contributed by atoms with E-state index >= 15 is 0 Å². The molecular weight excluding hydrogens is 255 g/mol. The summed E-state index contributed by atoms with van der Waals surface area (Å²) in [6, 6.07) is 9.73. The van der Waals surface area contributed by atoms with E-state index in [0.717, 1.165) is 13.0 Å². The fourth-order valence-corrected chi connectivity index (χ4v) is 1.95. The van der Waals surface area contributed by atoms with Gasteiger partial charge in [0.15, 0.2) is 5.78 Å². The topological polar surface area (TPSA) is 33.2 Å². The second kappa shape index (κ2) is 6.91. The highest BCUT2D eigenvalue weighted by Gasteiger charge is 2.10. The fourth-order valence-electron chi connectivity index (χ4n) is 1.95. The Morgan fingerprint density at radius 2 is 2.00 bits per heavy atom. The molecule has 1 aromatic heterocycles. The minimum atomic E-state index is -0.379. The molecule has 0 saturated heterocycles. The molecule has 0 aliphatic heterocycles. The van der Waals surface area contributed by atoms with Gasteiger partial charge < -0.3 is 0 Å². The first-order valence-electron chi connectivity index (χ1n) is 6.51. The molecule has 0 unspecified atom stereocenters. The molecule has 0 radical (unpaired) electrons. The summed E-state index contributed by atoms with van der Waals surface area (Å²) in [5, 5.41) is 0. The van der Waals surface area contributed by atoms with Crippen LogP contribution in [0.3, 0.4) is 0 Å². The van der Waals surface area contributed by atoms with Gasteiger partial charge in [0.1, 0.15) is 5.82 Å². The van der Waals surface area contributed by atoms with Gasteiger partial charge >= 0.3 is 0 Å². The second-order valence-electron chi connectivity index (χ2n) is 4.78. The highest BCUT2D eigenvalue weighted by atomic mass is 19.1. The van der Waals surface area contributed by atoms with Gasteiger partial charge in [-0.2, -0.15) is 0 Å². The highest BCUT2D eigenvalue weighted by Crippen LogP contribution is 2.06. The van der Waals surface area contributed by atoms with Crippen molar-refractivity contribution in [3.05, 3.63) is 65.7 Å². The molecule has 0 spiro atoms. The molecule has 4 heteroatoms. The van der Waals surface area contributed by atoms with Gasteiger partial charge in [-0.25, -0.2) is 4.39 Å². The van der Waals surface area contributed by atoms with Crippen LogP contribution in [0.2, 0.25) is 0 Å². The van der Waals surface area contributed by atoms with Crippen LogP contribution in [-0.4, -0.2) is 35.8 Å². The smallest absolute Gasteiger partial charge is 0.176 e. The normalized spacial score (nSPS) is 10.8. The number of benzene rings is 1. The maximum Gasteiger partial charge on any atom is 0.176 e. The summed E-state index contributed by atoms with van der Waals surface area (Å²) in [6.45, 7) is 1.06. The molecular formula is C16H17FN2O. The van der Waals surface area contributed by atoms with E-state index in [-0.39, 0.29) is 18.1 Å². The van der Waals surface area contributed by atoms with Gasteiger partial charge in [-0.05, 0) is 43.3 Å². The standard InChI is InChI=1S/C16H17FN2O/c1-19(10-7-13-5-8-18-9-6-13)12-16(20)14-3-2-4-15(17)11-14/h2-6,8-9,11H,7,10,12H2,1H3. The van der Waals surface area contributed by atoms with Gasteiger partial charge in [-0.15, -0.1) is 0 Å². The van der Waals surface area contributed by atoms with Crippen molar-refractivity contribution in [2.75, 3.05) is 20.1 Å². The molecule has 0 aliphatic rings. The molecule has 104 valence electrons. The van der Waals surface area contributed by atoms with Gasteiger partial charge in [0.25, 0.3) is 0 Å². The van der Waals surface area contributed by atoms with Crippen molar-refractivity contribution in [1.82, 2.24) is 9.88 Å². The van der Waals surface area contributed by atoms with Crippen LogP contribution in [0, 0.1) is 5.82 Å². The van der Waals surface area contributed by atoms with E-state index in [1.807, 2.05) is 24.1 Å². The number of carbonyl (C=O) groups is 1. The number of carbonyl (C=O) groups excluding carboxylic acids is 1. The third-order valence-corrected chi connectivity index (χ3v) is 3.09. The van der Waals surface area contributed by atoms with Crippen LogP contribution >= 0.6 is 0 Å². The van der Waals surface area contributed by atoms with Crippen molar-refractivity contribution >= 4 is 5.78 Å². The molecule has 1 heterocycles. The number of rotatable bonds is 6. The first-order valence-corrected chi connectivity index (χ1v) is 6.51. The predicted octanol–water partition coefficient (Wildman–Crippen LogP) is 2.58. The first-order chi connectivity index (χ1) is 9.65. The summed E-state index contributed by atoms with van der Waals surface area (Å²) in [4.78, 5) is 17.9. The zero-order valence-electron chi connectivity index (χ0n) is 11.4. The quantitative estimate of drug-likeness (QED) is 0.758. The van der Waals surface area contributed by atoms with E-state index in [4.69, 9.17) is 0 Å². The lowest BCUT2D eigenvalue weighted by atomic mass is 10.1. The molecule has 2 aromatic rings. The molecule has 2 rings (SSSR count). The van der Waals surface area contributed by atoms with E-state index in [2.05, 4.69) is 4.98 Å². The maximum absolute atomic E-state index is 13.1. The minimum Gasteiger partial charge on any atom is -0.299 e. The summed E-state index contributed by atoms with van der Waals surface area (Å²) in [6.07, 6.45) is 4.37. The molecule has 0 aliphatic carbocycles. The van der Waals surface area contributed by atoms with Crippen molar-refractivity contribution in [3.8, 4) is 0 Å². The van der Waals surface area contributed by atoms with Crippen molar-refractivity contribution < 1.29 is 9.18 Å². The fraction of sp³-hybridized carbons (Fsp3) is 0.250. The lowest BCUT2D eigenvalue weighted by molar-refractivity contribution is 0.0946. The summed E-state index contributed by atoms with van der Waals surface area (Å²) in [5.74, 6) is -0.447. The van der Waals surface area contributed by atoms with Gasteiger partial charge in [0.2, 0.25) is 0 Å². The average Bonchev–Trinajstić information content (AvgIpc) is 2.46. The van der Waals surface area contributed by atoms with Crippen LogP contribution < -0.4 is 0 Å². The minimum absolute atomic E-state index is 0.0678. The van der Waals surface area contributed by atoms with Crippen LogP contribution in [0.4, 0.5) is 4.39 Å². The largest absolute Gasteiger partial charge is 0.299 e. The summed E-state index contributed by atoms with van der Waals surface area (Å²) in [7, 11) is 1.89. The van der Waals surface area contributed by atoms with E-state index in [9.17, 15) is 9.18 Å². The number of Topliss-reactive ketones (excluding diaryl/α,β-unsaturated/α-hetero) is 1. The van der Waals surface area contributed by atoms with Crippen LogP contribution in [0.1, 0.15) is 15.9 Å². The Morgan fingerprint density at radius 3 is 2.70 bits per heavy atom. The molecule has 0 saturated carbocycles. The molecule has 3 nitrogen and oxygen atoms in total. The van der Waals surface area contributed by atoms with Crippen LogP contribution in [0.5, 0.6) is 0 Å². The number of hydrogen-bond acceptors (Lipinski definition) is 3.